The van der Waals surface area contributed by atoms with Gasteiger partial charge in [0, 0.05) is 34.9 Å². The van der Waals surface area contributed by atoms with Gasteiger partial charge in [0.05, 0.1) is 12.6 Å². The molecule has 232 valence electrons. The molecule has 6 rings (SSSR count). The van der Waals surface area contributed by atoms with Crippen LogP contribution in [-0.4, -0.2) is 25.2 Å². The molecule has 1 aromatic heterocycles. The van der Waals surface area contributed by atoms with E-state index in [1.54, 1.807) is 13.2 Å². The van der Waals surface area contributed by atoms with Gasteiger partial charge in [0.15, 0.2) is 0 Å². The van der Waals surface area contributed by atoms with Crippen molar-refractivity contribution in [3.8, 4) is 22.6 Å². The van der Waals surface area contributed by atoms with Crippen molar-refractivity contribution >= 4 is 22.3 Å². The van der Waals surface area contributed by atoms with Gasteiger partial charge in [-0.2, -0.15) is 0 Å². The summed E-state index contributed by atoms with van der Waals surface area (Å²) in [6.07, 6.45) is 0.925. The van der Waals surface area contributed by atoms with E-state index in [-0.39, 0.29) is 11.5 Å². The summed E-state index contributed by atoms with van der Waals surface area (Å²) in [6.45, 7) is 4.33. The lowest BCUT2D eigenvalue weighted by molar-refractivity contribution is 0.309. The lowest BCUT2D eigenvalue weighted by Gasteiger charge is -2.18. The van der Waals surface area contributed by atoms with E-state index in [0.717, 1.165) is 64.2 Å². The summed E-state index contributed by atoms with van der Waals surface area (Å²) in [7, 11) is 1.70. The van der Waals surface area contributed by atoms with Gasteiger partial charge >= 0.3 is 0 Å². The summed E-state index contributed by atoms with van der Waals surface area (Å²) < 4.78 is 11.7. The molecule has 0 fully saturated rings. The number of rotatable bonds is 13. The van der Waals surface area contributed by atoms with Crippen LogP contribution in [0.3, 0.4) is 0 Å². The van der Waals surface area contributed by atoms with Crippen molar-refractivity contribution in [2.45, 2.75) is 25.9 Å². The van der Waals surface area contributed by atoms with Crippen molar-refractivity contribution in [2.24, 2.45) is 0 Å². The van der Waals surface area contributed by atoms with E-state index in [2.05, 4.69) is 71.1 Å². The Balaban J connectivity index is 1.04. The van der Waals surface area contributed by atoms with Gasteiger partial charge < -0.3 is 25.1 Å². The average molecular weight is 610 g/mol. The first kappa shape index (κ1) is 30.7. The van der Waals surface area contributed by atoms with Gasteiger partial charge in [-0.15, -0.1) is 0 Å². The second-order valence-electron chi connectivity index (χ2n) is 11.5. The average Bonchev–Trinajstić information content (AvgIpc) is 3.10. The third-order valence-corrected chi connectivity index (χ3v) is 8.23. The first-order valence-electron chi connectivity index (χ1n) is 15.7. The predicted molar refractivity (Wildman–Crippen MR) is 188 cm³/mol. The van der Waals surface area contributed by atoms with Crippen molar-refractivity contribution in [2.75, 3.05) is 25.5 Å². The van der Waals surface area contributed by atoms with E-state index in [0.29, 0.717) is 12.4 Å². The van der Waals surface area contributed by atoms with Crippen LogP contribution in [-0.2, 0) is 13.0 Å². The monoisotopic (exact) mass is 609 g/mol. The van der Waals surface area contributed by atoms with Crippen molar-refractivity contribution in [3.63, 3.8) is 0 Å². The van der Waals surface area contributed by atoms with Crippen LogP contribution in [0, 0.1) is 0 Å². The second kappa shape index (κ2) is 14.6. The van der Waals surface area contributed by atoms with Crippen molar-refractivity contribution in [3.05, 3.63) is 154 Å². The molecule has 0 radical (unpaired) electrons. The fourth-order valence-corrected chi connectivity index (χ4v) is 5.75. The van der Waals surface area contributed by atoms with E-state index in [1.807, 2.05) is 72.8 Å². The minimum Gasteiger partial charge on any atom is -0.496 e. The highest BCUT2D eigenvalue weighted by Gasteiger charge is 2.14. The Kier molecular flexibility index (Phi) is 9.76. The molecule has 3 N–H and O–H groups in total. The zero-order valence-corrected chi connectivity index (χ0v) is 26.3. The van der Waals surface area contributed by atoms with Gasteiger partial charge in [0.25, 0.3) is 0 Å². The van der Waals surface area contributed by atoms with Gasteiger partial charge in [-0.1, -0.05) is 85.8 Å². The molecule has 0 aliphatic heterocycles. The zero-order chi connectivity index (χ0) is 31.7. The molecule has 0 aliphatic carbocycles. The largest absolute Gasteiger partial charge is 0.496 e. The van der Waals surface area contributed by atoms with E-state index in [1.165, 1.54) is 11.1 Å². The van der Waals surface area contributed by atoms with Gasteiger partial charge in [-0.3, -0.25) is 4.79 Å². The van der Waals surface area contributed by atoms with Crippen LogP contribution in [0.15, 0.2) is 132 Å². The van der Waals surface area contributed by atoms with Crippen molar-refractivity contribution < 1.29 is 9.47 Å². The second-order valence-corrected chi connectivity index (χ2v) is 11.5. The Morgan fingerprint density at radius 1 is 0.739 bits per heavy atom. The third-order valence-electron chi connectivity index (χ3n) is 8.23. The molecule has 0 aliphatic rings. The number of nitrogens with one attached hydrogen (secondary N) is 3. The van der Waals surface area contributed by atoms with Crippen LogP contribution in [0.1, 0.15) is 29.5 Å². The first-order valence-corrected chi connectivity index (χ1v) is 15.7. The fraction of sp³-hybridized carbons (Fsp3) is 0.175. The van der Waals surface area contributed by atoms with E-state index < -0.39 is 0 Å². The number of H-pyrrole nitrogens is 1. The van der Waals surface area contributed by atoms with Gasteiger partial charge in [0.2, 0.25) is 5.56 Å². The summed E-state index contributed by atoms with van der Waals surface area (Å²) in [5.74, 6) is 1.78. The molecule has 5 aromatic carbocycles. The van der Waals surface area contributed by atoms with Gasteiger partial charge in [0.1, 0.15) is 18.1 Å². The third kappa shape index (κ3) is 7.48. The molecule has 1 atom stereocenters. The molecular weight excluding hydrogens is 570 g/mol. The Labute approximate surface area is 270 Å². The molecule has 0 amide bonds. The number of anilines is 2. The van der Waals surface area contributed by atoms with Crippen LogP contribution in [0.4, 0.5) is 11.4 Å². The normalized spacial score (nSPS) is 11.7. The van der Waals surface area contributed by atoms with E-state index in [9.17, 15) is 4.79 Å². The number of aromatic amines is 1. The van der Waals surface area contributed by atoms with Crippen LogP contribution in [0.2, 0.25) is 0 Å². The number of aromatic nitrogens is 1. The number of benzene rings is 5. The van der Waals surface area contributed by atoms with Crippen LogP contribution in [0.25, 0.3) is 22.0 Å². The Morgan fingerprint density at radius 3 is 2.22 bits per heavy atom. The van der Waals surface area contributed by atoms with Crippen LogP contribution < -0.4 is 25.7 Å². The number of methoxy groups -OCH3 is 1. The maximum Gasteiger partial charge on any atom is 0.248 e. The Morgan fingerprint density at radius 2 is 1.46 bits per heavy atom. The van der Waals surface area contributed by atoms with Crippen molar-refractivity contribution in [1.82, 2.24) is 10.3 Å². The molecule has 6 aromatic rings. The molecule has 6 heteroatoms. The molecular formula is C40H39N3O3. The lowest BCUT2D eigenvalue weighted by Crippen LogP contribution is -2.23. The number of ether oxygens (including phenoxy) is 2. The van der Waals surface area contributed by atoms with Crippen molar-refractivity contribution in [1.29, 1.82) is 0 Å². The maximum absolute atomic E-state index is 12.2. The number of fused-ring (bicyclic) bond motifs is 1. The SMILES string of the molecule is COc1ccc(Nc2ccc(CCNC[C@H](C)c3ccc(OCc4ccccc4)c4[nH]c(=O)ccc34)cc2)cc1-c1ccccc1. The quantitative estimate of drug-likeness (QED) is 0.115. The van der Waals surface area contributed by atoms with E-state index in [4.69, 9.17) is 9.47 Å². The van der Waals surface area contributed by atoms with Gasteiger partial charge in [-0.05, 0) is 83.6 Å². The van der Waals surface area contributed by atoms with E-state index >= 15 is 0 Å². The highest BCUT2D eigenvalue weighted by molar-refractivity contribution is 5.88. The number of pyridine rings is 1. The molecule has 0 saturated heterocycles. The Bertz CT molecular complexity index is 1940. The fourth-order valence-electron chi connectivity index (χ4n) is 5.75. The summed E-state index contributed by atoms with van der Waals surface area (Å²) in [6, 6.07) is 42.6. The molecule has 0 saturated carbocycles. The topological polar surface area (TPSA) is 75.4 Å². The first-order chi connectivity index (χ1) is 22.6. The molecule has 0 bridgehead atoms. The minimum atomic E-state index is -0.137. The standard InChI is InChI=1S/C40H39N3O3/c1-28(34-18-21-38(40-35(34)19-22-39(44)43-40)46-27-30-9-5-3-6-10-30)26-41-24-23-29-13-15-32(16-14-29)42-33-17-20-37(45-2)36(25-33)31-11-7-4-8-12-31/h3-22,25,28,41-42H,23-24,26-27H2,1-2H3,(H,43,44)/t28-/m0/s1. The Hall–Kier alpha value is -5.33. The minimum absolute atomic E-state index is 0.137. The smallest absolute Gasteiger partial charge is 0.248 e. The number of hydrogen-bond donors (Lipinski definition) is 3. The molecule has 6 nitrogen and oxygen atoms in total. The predicted octanol–water partition coefficient (Wildman–Crippen LogP) is 8.46. The maximum atomic E-state index is 12.2. The number of hydrogen-bond acceptors (Lipinski definition) is 5. The molecule has 1 heterocycles. The summed E-state index contributed by atoms with van der Waals surface area (Å²) in [5.41, 5.74) is 8.35. The van der Waals surface area contributed by atoms with Gasteiger partial charge in [-0.25, -0.2) is 0 Å². The van der Waals surface area contributed by atoms with Crippen LogP contribution in [0.5, 0.6) is 11.5 Å². The molecule has 0 unspecified atom stereocenters. The lowest BCUT2D eigenvalue weighted by atomic mass is 9.96. The summed E-state index contributed by atoms with van der Waals surface area (Å²) in [5, 5.41) is 8.16. The van der Waals surface area contributed by atoms with Crippen LogP contribution >= 0.6 is 0 Å². The summed E-state index contributed by atoms with van der Waals surface area (Å²) in [4.78, 5) is 15.2. The molecule has 46 heavy (non-hydrogen) atoms. The zero-order valence-electron chi connectivity index (χ0n) is 26.3. The molecule has 0 spiro atoms. The highest BCUT2D eigenvalue weighted by Crippen LogP contribution is 2.34. The summed E-state index contributed by atoms with van der Waals surface area (Å²) >= 11 is 0. The highest BCUT2D eigenvalue weighted by atomic mass is 16.5.